The first-order chi connectivity index (χ1) is 7.56. The Bertz CT molecular complexity index is 524. The van der Waals surface area contributed by atoms with Crippen LogP contribution in [-0.2, 0) is 20.5 Å². The fourth-order valence-electron chi connectivity index (χ4n) is 1.64. The largest absolute Gasteiger partial charge is 0.340 e. The molecule has 2 aromatic rings. The van der Waals surface area contributed by atoms with Crippen LogP contribution in [0.5, 0.6) is 0 Å². The van der Waals surface area contributed by atoms with E-state index in [1.807, 2.05) is 27.1 Å². The maximum absolute atomic E-state index is 11.9. The van der Waals surface area contributed by atoms with E-state index in [-0.39, 0.29) is 5.78 Å². The van der Waals surface area contributed by atoms with Gasteiger partial charge in [0.1, 0.15) is 5.69 Å². The van der Waals surface area contributed by atoms with Crippen LogP contribution in [0.25, 0.3) is 0 Å². The van der Waals surface area contributed by atoms with Crippen molar-refractivity contribution < 1.29 is 4.79 Å². The summed E-state index contributed by atoms with van der Waals surface area (Å²) in [4.78, 5) is 15.9. The molecule has 0 aliphatic heterocycles. The number of hydrogen-bond acceptors (Lipinski definition) is 3. The summed E-state index contributed by atoms with van der Waals surface area (Å²) in [6.07, 6.45) is 3.70. The highest BCUT2D eigenvalue weighted by Crippen LogP contribution is 2.06. The van der Waals surface area contributed by atoms with Gasteiger partial charge >= 0.3 is 0 Å². The number of aryl methyl sites for hydroxylation is 3. The van der Waals surface area contributed by atoms with Gasteiger partial charge in [-0.05, 0) is 13.0 Å². The highest BCUT2D eigenvalue weighted by Gasteiger charge is 2.12. The Morgan fingerprint density at radius 1 is 1.44 bits per heavy atom. The Kier molecular flexibility index (Phi) is 2.60. The number of imidazole rings is 1. The molecule has 0 fully saturated rings. The van der Waals surface area contributed by atoms with Crippen molar-refractivity contribution in [2.24, 2.45) is 14.1 Å². The van der Waals surface area contributed by atoms with Gasteiger partial charge in [0.2, 0.25) is 0 Å². The van der Waals surface area contributed by atoms with E-state index in [1.165, 1.54) is 0 Å². The van der Waals surface area contributed by atoms with Crippen molar-refractivity contribution >= 4 is 5.78 Å². The number of rotatable bonds is 3. The number of aromatic nitrogens is 4. The number of hydrogen-bond donors (Lipinski definition) is 0. The Labute approximate surface area is 93.7 Å². The van der Waals surface area contributed by atoms with E-state index in [1.54, 1.807) is 21.8 Å². The molecular formula is C11H14N4O. The molecule has 0 aliphatic carbocycles. The van der Waals surface area contributed by atoms with Crippen LogP contribution in [-0.4, -0.2) is 25.1 Å². The lowest BCUT2D eigenvalue weighted by Gasteiger charge is -1.98. The molecule has 5 heteroatoms. The maximum Gasteiger partial charge on any atom is 0.188 e. The predicted molar refractivity (Wildman–Crippen MR) is 59.2 cm³/mol. The number of ketones is 1. The highest BCUT2D eigenvalue weighted by atomic mass is 16.1. The zero-order valence-corrected chi connectivity index (χ0v) is 9.64. The third-order valence-corrected chi connectivity index (χ3v) is 2.43. The summed E-state index contributed by atoms with van der Waals surface area (Å²) < 4.78 is 3.50. The molecule has 0 N–H and O–H groups in total. The van der Waals surface area contributed by atoms with Gasteiger partial charge in [0, 0.05) is 26.0 Å². The summed E-state index contributed by atoms with van der Waals surface area (Å²) in [6.45, 7) is 1.91. The van der Waals surface area contributed by atoms with Crippen LogP contribution in [0.4, 0.5) is 0 Å². The van der Waals surface area contributed by atoms with Crippen LogP contribution in [0, 0.1) is 6.92 Å². The van der Waals surface area contributed by atoms with E-state index in [9.17, 15) is 4.79 Å². The highest BCUT2D eigenvalue weighted by molar-refractivity contribution is 5.95. The second kappa shape index (κ2) is 3.92. The summed E-state index contributed by atoms with van der Waals surface area (Å²) in [5, 5.41) is 4.20. The van der Waals surface area contributed by atoms with Crippen molar-refractivity contribution in [1.82, 2.24) is 19.3 Å². The molecule has 0 saturated heterocycles. The van der Waals surface area contributed by atoms with E-state index >= 15 is 0 Å². The van der Waals surface area contributed by atoms with E-state index in [0.29, 0.717) is 12.1 Å². The molecule has 0 spiro atoms. The smallest absolute Gasteiger partial charge is 0.188 e. The van der Waals surface area contributed by atoms with Gasteiger partial charge in [-0.15, -0.1) is 0 Å². The van der Waals surface area contributed by atoms with Crippen molar-refractivity contribution in [3.05, 3.63) is 35.7 Å². The summed E-state index contributed by atoms with van der Waals surface area (Å²) in [5.41, 5.74) is 2.33. The van der Waals surface area contributed by atoms with Crippen molar-refractivity contribution in [2.75, 3.05) is 0 Å². The molecule has 5 nitrogen and oxygen atoms in total. The van der Waals surface area contributed by atoms with Gasteiger partial charge in [-0.1, -0.05) is 0 Å². The van der Waals surface area contributed by atoms with Gasteiger partial charge in [0.05, 0.1) is 18.4 Å². The standard InChI is InChI=1S/C11H14N4O/c1-8-4-9(15(3)13-8)5-11(16)10-6-14(2)7-12-10/h4,6-7H,5H2,1-3H3. The molecule has 2 rings (SSSR count). The van der Waals surface area contributed by atoms with Crippen LogP contribution < -0.4 is 0 Å². The minimum atomic E-state index is 0.0172. The Morgan fingerprint density at radius 3 is 2.69 bits per heavy atom. The molecule has 0 saturated carbocycles. The fourth-order valence-corrected chi connectivity index (χ4v) is 1.64. The Hall–Kier alpha value is -1.91. The molecule has 84 valence electrons. The van der Waals surface area contributed by atoms with Crippen molar-refractivity contribution in [3.8, 4) is 0 Å². The maximum atomic E-state index is 11.9. The molecule has 0 bridgehead atoms. The summed E-state index contributed by atoms with van der Waals surface area (Å²) in [5.74, 6) is 0.0172. The van der Waals surface area contributed by atoms with E-state index in [4.69, 9.17) is 0 Å². The first-order valence-corrected chi connectivity index (χ1v) is 5.07. The summed E-state index contributed by atoms with van der Waals surface area (Å²) in [7, 11) is 3.69. The lowest BCUT2D eigenvalue weighted by atomic mass is 10.2. The third kappa shape index (κ3) is 2.03. The van der Waals surface area contributed by atoms with Crippen LogP contribution in [0.3, 0.4) is 0 Å². The number of carbonyl (C=O) groups is 1. The molecule has 0 atom stereocenters. The zero-order chi connectivity index (χ0) is 11.7. The molecule has 16 heavy (non-hydrogen) atoms. The van der Waals surface area contributed by atoms with E-state index in [0.717, 1.165) is 11.4 Å². The van der Waals surface area contributed by atoms with Gasteiger partial charge in [-0.2, -0.15) is 5.10 Å². The molecule has 0 unspecified atom stereocenters. The third-order valence-electron chi connectivity index (χ3n) is 2.43. The van der Waals surface area contributed by atoms with Crippen LogP contribution in [0.1, 0.15) is 21.9 Å². The normalized spacial score (nSPS) is 10.7. The monoisotopic (exact) mass is 218 g/mol. The van der Waals surface area contributed by atoms with Crippen LogP contribution in [0.2, 0.25) is 0 Å². The van der Waals surface area contributed by atoms with Crippen LogP contribution >= 0.6 is 0 Å². The van der Waals surface area contributed by atoms with Crippen molar-refractivity contribution in [1.29, 1.82) is 0 Å². The van der Waals surface area contributed by atoms with Crippen molar-refractivity contribution in [3.63, 3.8) is 0 Å². The first-order valence-electron chi connectivity index (χ1n) is 5.07. The minimum absolute atomic E-state index is 0.0172. The van der Waals surface area contributed by atoms with E-state index < -0.39 is 0 Å². The molecule has 2 aromatic heterocycles. The lowest BCUT2D eigenvalue weighted by Crippen LogP contribution is -2.08. The van der Waals surface area contributed by atoms with Gasteiger partial charge in [0.25, 0.3) is 0 Å². The molecule has 0 aliphatic rings. The average molecular weight is 218 g/mol. The average Bonchev–Trinajstić information content (AvgIpc) is 2.74. The van der Waals surface area contributed by atoms with Gasteiger partial charge in [-0.25, -0.2) is 4.98 Å². The Morgan fingerprint density at radius 2 is 2.19 bits per heavy atom. The quantitative estimate of drug-likeness (QED) is 0.719. The number of nitrogens with zero attached hydrogens (tertiary/aromatic N) is 4. The molecule has 0 radical (unpaired) electrons. The van der Waals surface area contributed by atoms with E-state index in [2.05, 4.69) is 10.1 Å². The van der Waals surface area contributed by atoms with Gasteiger partial charge in [0.15, 0.2) is 5.78 Å². The molecule has 0 aromatic carbocycles. The number of Topliss-reactive ketones (excluding diaryl/α,β-unsaturated/α-hetero) is 1. The molecule has 0 amide bonds. The van der Waals surface area contributed by atoms with Gasteiger partial charge < -0.3 is 4.57 Å². The fraction of sp³-hybridized carbons (Fsp3) is 0.364. The van der Waals surface area contributed by atoms with Crippen molar-refractivity contribution in [2.45, 2.75) is 13.3 Å². The SMILES string of the molecule is Cc1cc(CC(=O)c2cn(C)cn2)n(C)n1. The van der Waals surface area contributed by atoms with Gasteiger partial charge in [-0.3, -0.25) is 9.48 Å². The Balaban J connectivity index is 2.16. The second-order valence-electron chi connectivity index (χ2n) is 3.92. The zero-order valence-electron chi connectivity index (χ0n) is 9.64. The lowest BCUT2D eigenvalue weighted by molar-refractivity contribution is 0.0986. The summed E-state index contributed by atoms with van der Waals surface area (Å²) >= 11 is 0. The predicted octanol–water partition coefficient (Wildman–Crippen LogP) is 0.887. The first kappa shape index (κ1) is 10.6. The summed E-state index contributed by atoms with van der Waals surface area (Å²) in [6, 6.07) is 1.92. The van der Waals surface area contributed by atoms with Crippen LogP contribution in [0.15, 0.2) is 18.6 Å². The topological polar surface area (TPSA) is 52.7 Å². The molecular weight excluding hydrogens is 204 g/mol. The second-order valence-corrected chi connectivity index (χ2v) is 3.92. The molecule has 2 heterocycles. The number of carbonyl (C=O) groups excluding carboxylic acids is 1. The minimum Gasteiger partial charge on any atom is -0.340 e.